The first-order valence-corrected chi connectivity index (χ1v) is 5.15. The molecule has 1 fully saturated rings. The average molecular weight is 203 g/mol. The van der Waals surface area contributed by atoms with E-state index in [0.29, 0.717) is 6.54 Å². The maximum absolute atomic E-state index is 10.4. The van der Waals surface area contributed by atoms with Crippen LogP contribution in [0.2, 0.25) is 0 Å². The lowest BCUT2D eigenvalue weighted by Gasteiger charge is -2.21. The first kappa shape index (κ1) is 8.88. The normalized spacial score (nSPS) is 26.2. The van der Waals surface area contributed by atoms with Crippen LogP contribution in [0.5, 0.6) is 0 Å². The van der Waals surface area contributed by atoms with Crippen molar-refractivity contribution in [3.8, 4) is 0 Å². The number of hydrogen-bond donors (Lipinski definition) is 3. The second-order valence-electron chi connectivity index (χ2n) is 4.09. The maximum atomic E-state index is 10.4. The fourth-order valence-electron chi connectivity index (χ4n) is 2.15. The van der Waals surface area contributed by atoms with Gasteiger partial charge in [-0.2, -0.15) is 0 Å². The molecule has 3 N–H and O–H groups in total. The van der Waals surface area contributed by atoms with E-state index in [1.165, 1.54) is 0 Å². The van der Waals surface area contributed by atoms with E-state index in [4.69, 9.17) is 0 Å². The Morgan fingerprint density at radius 1 is 1.40 bits per heavy atom. The van der Waals surface area contributed by atoms with Crippen LogP contribution in [0.1, 0.15) is 12.0 Å². The van der Waals surface area contributed by atoms with Crippen LogP contribution in [0, 0.1) is 0 Å². The van der Waals surface area contributed by atoms with Crippen LogP contribution in [0.15, 0.2) is 24.5 Å². The standard InChI is InChI=1S/C11H13N3O/c15-11(3-4-12-6-11)8-1-2-9-10(5-8)14-7-13-9/h1-2,5,7,12,15H,3-4,6H2,(H,13,14). The van der Waals surface area contributed by atoms with Crippen LogP contribution in [0.3, 0.4) is 0 Å². The number of nitrogens with zero attached hydrogens (tertiary/aromatic N) is 1. The van der Waals surface area contributed by atoms with Gasteiger partial charge in [0.1, 0.15) is 5.60 Å². The number of aromatic amines is 1. The SMILES string of the molecule is OC1(c2ccc3nc[nH]c3c2)CCNC1. The number of benzene rings is 1. The second kappa shape index (κ2) is 3.05. The predicted octanol–water partition coefficient (Wildman–Crippen LogP) is 0.744. The van der Waals surface area contributed by atoms with Gasteiger partial charge in [0.05, 0.1) is 17.4 Å². The highest BCUT2D eigenvalue weighted by Gasteiger charge is 2.32. The van der Waals surface area contributed by atoms with E-state index >= 15 is 0 Å². The van der Waals surface area contributed by atoms with Crippen LogP contribution in [-0.4, -0.2) is 28.2 Å². The lowest BCUT2D eigenvalue weighted by atomic mass is 9.93. The molecule has 0 spiro atoms. The zero-order valence-electron chi connectivity index (χ0n) is 8.33. The van der Waals surface area contributed by atoms with Gasteiger partial charge in [-0.1, -0.05) is 6.07 Å². The Kier molecular flexibility index (Phi) is 1.81. The summed E-state index contributed by atoms with van der Waals surface area (Å²) >= 11 is 0. The Morgan fingerprint density at radius 2 is 2.33 bits per heavy atom. The van der Waals surface area contributed by atoms with Crippen LogP contribution >= 0.6 is 0 Å². The van der Waals surface area contributed by atoms with Gasteiger partial charge < -0.3 is 15.4 Å². The van der Waals surface area contributed by atoms with E-state index in [2.05, 4.69) is 15.3 Å². The summed E-state index contributed by atoms with van der Waals surface area (Å²) in [6.07, 6.45) is 2.44. The minimum absolute atomic E-state index is 0.632. The molecule has 0 bridgehead atoms. The quantitative estimate of drug-likeness (QED) is 0.640. The third-order valence-electron chi connectivity index (χ3n) is 3.09. The molecule has 2 aromatic rings. The summed E-state index contributed by atoms with van der Waals surface area (Å²) in [5.41, 5.74) is 2.17. The van der Waals surface area contributed by atoms with Crippen LogP contribution in [-0.2, 0) is 5.60 Å². The van der Waals surface area contributed by atoms with Crippen molar-refractivity contribution in [3.05, 3.63) is 30.1 Å². The topological polar surface area (TPSA) is 60.9 Å². The van der Waals surface area contributed by atoms with E-state index < -0.39 is 5.60 Å². The van der Waals surface area contributed by atoms with Crippen LogP contribution < -0.4 is 5.32 Å². The number of aliphatic hydroxyl groups is 1. The Labute approximate surface area is 87.3 Å². The summed E-state index contributed by atoms with van der Waals surface area (Å²) in [4.78, 5) is 7.21. The van der Waals surface area contributed by atoms with Gasteiger partial charge in [0.15, 0.2) is 0 Å². The van der Waals surface area contributed by atoms with Gasteiger partial charge in [0.2, 0.25) is 0 Å². The molecule has 1 unspecified atom stereocenters. The Balaban J connectivity index is 2.10. The summed E-state index contributed by atoms with van der Waals surface area (Å²) < 4.78 is 0. The Bertz CT molecular complexity index is 485. The van der Waals surface area contributed by atoms with Crippen molar-refractivity contribution in [1.29, 1.82) is 0 Å². The number of nitrogens with one attached hydrogen (secondary N) is 2. The number of rotatable bonds is 1. The zero-order chi connectivity index (χ0) is 10.3. The lowest BCUT2D eigenvalue weighted by Crippen LogP contribution is -2.28. The van der Waals surface area contributed by atoms with Crippen LogP contribution in [0.25, 0.3) is 11.0 Å². The van der Waals surface area contributed by atoms with Gasteiger partial charge in [-0.3, -0.25) is 0 Å². The van der Waals surface area contributed by atoms with Crippen molar-refractivity contribution in [2.24, 2.45) is 0 Å². The van der Waals surface area contributed by atoms with Gasteiger partial charge in [-0.15, -0.1) is 0 Å². The number of aromatic nitrogens is 2. The van der Waals surface area contributed by atoms with E-state index in [0.717, 1.165) is 29.6 Å². The first-order valence-electron chi connectivity index (χ1n) is 5.15. The van der Waals surface area contributed by atoms with Gasteiger partial charge in [0.25, 0.3) is 0 Å². The molecule has 0 amide bonds. The molecule has 1 aromatic carbocycles. The maximum Gasteiger partial charge on any atom is 0.103 e. The third-order valence-corrected chi connectivity index (χ3v) is 3.09. The summed E-state index contributed by atoms with van der Waals surface area (Å²) in [6, 6.07) is 5.88. The van der Waals surface area contributed by atoms with Crippen molar-refractivity contribution >= 4 is 11.0 Å². The molecule has 1 aliphatic heterocycles. The van der Waals surface area contributed by atoms with E-state index in [1.54, 1.807) is 6.33 Å². The molecule has 1 saturated heterocycles. The molecule has 1 aromatic heterocycles. The lowest BCUT2D eigenvalue weighted by molar-refractivity contribution is 0.0589. The molecule has 4 heteroatoms. The molecule has 2 heterocycles. The number of β-amino-alcohol motifs (C(OH)–C–C–N with tert-alkyl or cyclic N) is 1. The van der Waals surface area contributed by atoms with E-state index in [9.17, 15) is 5.11 Å². The number of H-pyrrole nitrogens is 1. The Morgan fingerprint density at radius 3 is 3.13 bits per heavy atom. The van der Waals surface area contributed by atoms with E-state index in [-0.39, 0.29) is 0 Å². The number of hydrogen-bond acceptors (Lipinski definition) is 3. The van der Waals surface area contributed by atoms with Crippen molar-refractivity contribution in [1.82, 2.24) is 15.3 Å². The molecule has 1 aliphatic rings. The Hall–Kier alpha value is -1.39. The van der Waals surface area contributed by atoms with Gasteiger partial charge in [-0.05, 0) is 30.7 Å². The monoisotopic (exact) mass is 203 g/mol. The highest BCUT2D eigenvalue weighted by Crippen LogP contribution is 2.29. The van der Waals surface area contributed by atoms with Crippen molar-refractivity contribution < 1.29 is 5.11 Å². The molecule has 78 valence electrons. The molecular weight excluding hydrogens is 190 g/mol. The van der Waals surface area contributed by atoms with Crippen molar-refractivity contribution in [2.45, 2.75) is 12.0 Å². The van der Waals surface area contributed by atoms with Crippen molar-refractivity contribution in [3.63, 3.8) is 0 Å². The molecule has 1 atom stereocenters. The zero-order valence-corrected chi connectivity index (χ0v) is 8.33. The summed E-state index contributed by atoms with van der Waals surface area (Å²) in [7, 11) is 0. The number of fused-ring (bicyclic) bond motifs is 1. The highest BCUT2D eigenvalue weighted by molar-refractivity contribution is 5.75. The predicted molar refractivity (Wildman–Crippen MR) is 57.5 cm³/mol. The molecule has 3 rings (SSSR count). The van der Waals surface area contributed by atoms with Gasteiger partial charge >= 0.3 is 0 Å². The van der Waals surface area contributed by atoms with Gasteiger partial charge in [-0.25, -0.2) is 4.98 Å². The molecule has 4 nitrogen and oxygen atoms in total. The molecule has 0 aliphatic carbocycles. The number of imidazole rings is 1. The third kappa shape index (κ3) is 1.33. The highest BCUT2D eigenvalue weighted by atomic mass is 16.3. The van der Waals surface area contributed by atoms with Gasteiger partial charge in [0, 0.05) is 6.54 Å². The minimum Gasteiger partial charge on any atom is -0.384 e. The molecular formula is C11H13N3O. The summed E-state index contributed by atoms with van der Waals surface area (Å²) in [5, 5.41) is 13.5. The smallest absolute Gasteiger partial charge is 0.103 e. The molecule has 0 radical (unpaired) electrons. The second-order valence-corrected chi connectivity index (χ2v) is 4.09. The molecule has 0 saturated carbocycles. The van der Waals surface area contributed by atoms with Crippen molar-refractivity contribution in [2.75, 3.05) is 13.1 Å². The summed E-state index contributed by atoms with van der Waals surface area (Å²) in [6.45, 7) is 1.50. The minimum atomic E-state index is -0.709. The first-order chi connectivity index (χ1) is 7.28. The molecule has 15 heavy (non-hydrogen) atoms. The van der Waals surface area contributed by atoms with E-state index in [1.807, 2.05) is 18.2 Å². The fraction of sp³-hybridized carbons (Fsp3) is 0.364. The van der Waals surface area contributed by atoms with Crippen LogP contribution in [0.4, 0.5) is 0 Å². The largest absolute Gasteiger partial charge is 0.384 e. The fourth-order valence-corrected chi connectivity index (χ4v) is 2.15. The summed E-state index contributed by atoms with van der Waals surface area (Å²) in [5.74, 6) is 0. The average Bonchev–Trinajstić information content (AvgIpc) is 2.85.